The van der Waals surface area contributed by atoms with Gasteiger partial charge in [-0.2, -0.15) is 5.26 Å². The third-order valence-electron chi connectivity index (χ3n) is 8.82. The molecule has 4 aromatic carbocycles. The smallest absolute Gasteiger partial charge is 0.0953 e. The molecule has 3 aliphatic rings. The van der Waals surface area contributed by atoms with E-state index in [1.54, 1.807) is 0 Å². The zero-order valence-corrected chi connectivity index (χ0v) is 23.6. The Kier molecular flexibility index (Phi) is 5.80. The molecule has 3 atom stereocenters. The van der Waals surface area contributed by atoms with Crippen LogP contribution in [0.3, 0.4) is 0 Å². The number of hydrogen-bond donors (Lipinski definition) is 0. The Morgan fingerprint density at radius 2 is 1.62 bits per heavy atom. The molecule has 0 radical (unpaired) electrons. The number of thioether (sulfide) groups is 1. The highest BCUT2D eigenvalue weighted by Crippen LogP contribution is 2.52. The van der Waals surface area contributed by atoms with Crippen LogP contribution in [0.15, 0.2) is 120 Å². The highest BCUT2D eigenvalue weighted by Gasteiger charge is 2.34. The minimum Gasteiger partial charge on any atom is -0.193 e. The maximum absolute atomic E-state index is 10.3. The Morgan fingerprint density at radius 3 is 2.52 bits per heavy atom. The quantitative estimate of drug-likeness (QED) is 0.209. The maximum atomic E-state index is 10.3. The van der Waals surface area contributed by atoms with Crippen LogP contribution in [-0.2, 0) is 0 Å². The number of hydrogen-bond acceptors (Lipinski definition) is 3. The van der Waals surface area contributed by atoms with Gasteiger partial charge in [0.05, 0.1) is 6.07 Å². The molecule has 0 fully saturated rings. The summed E-state index contributed by atoms with van der Waals surface area (Å²) in [4.78, 5) is 1.42. The minimum absolute atomic E-state index is 0.0564. The molecule has 1 aliphatic heterocycles. The molecule has 0 bridgehead atoms. The second kappa shape index (κ2) is 9.66. The van der Waals surface area contributed by atoms with E-state index >= 15 is 0 Å². The van der Waals surface area contributed by atoms with E-state index in [1.807, 2.05) is 23.1 Å². The predicted octanol–water partition coefficient (Wildman–Crippen LogP) is 10.5. The number of benzene rings is 4. The van der Waals surface area contributed by atoms with Crippen LogP contribution in [-0.4, -0.2) is 5.25 Å². The molecule has 1 aromatic heterocycles. The molecule has 0 saturated carbocycles. The number of rotatable bonds is 3. The standard InChI is InChI=1S/C37H27NS2/c38-22-26-19-31(24-15-17-36-33(18-24)28-11-5-7-13-35(28)39-36)32(21-30(26)23-8-2-1-3-9-23)25-14-16-29-27-10-4-6-12-34(27)40-37(29)20-25/h1-4,6-10,12-20,28,30,35H,5,11,21H2. The summed E-state index contributed by atoms with van der Waals surface area (Å²) in [5.74, 6) is 0.643. The third-order valence-corrected chi connectivity index (χ3v) is 11.3. The molecule has 3 unspecified atom stereocenters. The van der Waals surface area contributed by atoms with Crippen LogP contribution in [0, 0.1) is 11.3 Å². The number of fused-ring (bicyclic) bond motifs is 6. The fraction of sp³-hybridized carbons (Fsp3) is 0.162. The van der Waals surface area contributed by atoms with Crippen molar-refractivity contribution in [3.63, 3.8) is 0 Å². The fourth-order valence-electron chi connectivity index (χ4n) is 6.82. The van der Waals surface area contributed by atoms with Crippen molar-refractivity contribution in [1.29, 1.82) is 5.26 Å². The van der Waals surface area contributed by atoms with Crippen molar-refractivity contribution >= 4 is 54.4 Å². The highest BCUT2D eigenvalue weighted by atomic mass is 32.2. The molecule has 0 amide bonds. The SMILES string of the molecule is N#CC1=CC(c2ccc3c(c2)C2CCC=CC2S3)=C(c2ccc3c(c2)sc2ccccc23)CC1c1ccccc1. The summed E-state index contributed by atoms with van der Waals surface area (Å²) in [6.45, 7) is 0. The Morgan fingerprint density at radius 1 is 0.800 bits per heavy atom. The summed E-state index contributed by atoms with van der Waals surface area (Å²) in [6.07, 6.45) is 10.1. The average molecular weight is 550 g/mol. The first-order chi connectivity index (χ1) is 19.8. The van der Waals surface area contributed by atoms with E-state index in [0.29, 0.717) is 11.2 Å². The Labute approximate surface area is 243 Å². The second-order valence-corrected chi connectivity index (χ2v) is 13.3. The molecule has 192 valence electrons. The van der Waals surface area contributed by atoms with Crippen LogP contribution in [0.5, 0.6) is 0 Å². The van der Waals surface area contributed by atoms with E-state index in [2.05, 4.69) is 115 Å². The molecule has 8 rings (SSSR count). The normalized spacial score (nSPS) is 21.8. The number of thiophene rings is 1. The zero-order chi connectivity index (χ0) is 26.6. The third kappa shape index (κ3) is 3.90. The summed E-state index contributed by atoms with van der Waals surface area (Å²) >= 11 is 3.88. The summed E-state index contributed by atoms with van der Waals surface area (Å²) < 4.78 is 2.65. The lowest BCUT2D eigenvalue weighted by atomic mass is 9.76. The van der Waals surface area contributed by atoms with Crippen LogP contribution >= 0.6 is 23.1 Å². The molecule has 2 heterocycles. The Hall–Kier alpha value is -3.84. The lowest BCUT2D eigenvalue weighted by molar-refractivity contribution is 0.633. The molecule has 1 nitrogen and oxygen atoms in total. The van der Waals surface area contributed by atoms with Crippen molar-refractivity contribution in [2.45, 2.75) is 41.2 Å². The van der Waals surface area contributed by atoms with E-state index in [9.17, 15) is 5.26 Å². The van der Waals surface area contributed by atoms with Crippen LogP contribution in [0.25, 0.3) is 31.3 Å². The van der Waals surface area contributed by atoms with Gasteiger partial charge in [0.15, 0.2) is 0 Å². The molecule has 2 aliphatic carbocycles. The first-order valence-electron chi connectivity index (χ1n) is 14.1. The molecule has 3 heteroatoms. The van der Waals surface area contributed by atoms with Crippen molar-refractivity contribution in [1.82, 2.24) is 0 Å². The Bertz CT molecular complexity index is 1930. The number of allylic oxidation sites excluding steroid dienone is 5. The average Bonchev–Trinajstić information content (AvgIpc) is 3.58. The molecule has 0 spiro atoms. The molecule has 40 heavy (non-hydrogen) atoms. The topological polar surface area (TPSA) is 23.8 Å². The first-order valence-corrected chi connectivity index (χ1v) is 15.8. The maximum Gasteiger partial charge on any atom is 0.0953 e. The van der Waals surface area contributed by atoms with Gasteiger partial charge >= 0.3 is 0 Å². The van der Waals surface area contributed by atoms with Crippen molar-refractivity contribution < 1.29 is 0 Å². The van der Waals surface area contributed by atoms with Crippen LogP contribution in [0.2, 0.25) is 0 Å². The monoisotopic (exact) mass is 549 g/mol. The van der Waals surface area contributed by atoms with Crippen LogP contribution in [0.1, 0.15) is 53.4 Å². The minimum atomic E-state index is 0.0564. The van der Waals surface area contributed by atoms with E-state index in [4.69, 9.17) is 0 Å². The highest BCUT2D eigenvalue weighted by molar-refractivity contribution is 8.00. The van der Waals surface area contributed by atoms with E-state index in [-0.39, 0.29) is 5.92 Å². The molecule has 5 aromatic rings. The van der Waals surface area contributed by atoms with E-state index in [0.717, 1.165) is 18.4 Å². The van der Waals surface area contributed by atoms with Gasteiger partial charge in [0, 0.05) is 47.7 Å². The van der Waals surface area contributed by atoms with Crippen LogP contribution in [0.4, 0.5) is 0 Å². The van der Waals surface area contributed by atoms with Gasteiger partial charge in [0.2, 0.25) is 0 Å². The first kappa shape index (κ1) is 24.0. The summed E-state index contributed by atoms with van der Waals surface area (Å²) in [5.41, 5.74) is 8.57. The van der Waals surface area contributed by atoms with Gasteiger partial charge in [0.25, 0.3) is 0 Å². The van der Waals surface area contributed by atoms with Gasteiger partial charge in [-0.15, -0.1) is 23.1 Å². The molecule has 0 saturated heterocycles. The largest absolute Gasteiger partial charge is 0.193 e. The molecule has 0 N–H and O–H groups in total. The zero-order valence-electron chi connectivity index (χ0n) is 22.0. The summed E-state index contributed by atoms with van der Waals surface area (Å²) in [7, 11) is 0. The van der Waals surface area contributed by atoms with Gasteiger partial charge in [-0.3, -0.25) is 0 Å². The summed E-state index contributed by atoms with van der Waals surface area (Å²) in [6, 6.07) is 35.9. The van der Waals surface area contributed by atoms with Crippen molar-refractivity contribution in [3.8, 4) is 6.07 Å². The molecular weight excluding hydrogens is 523 g/mol. The van der Waals surface area contributed by atoms with Gasteiger partial charge in [0.1, 0.15) is 0 Å². The number of nitriles is 1. The van der Waals surface area contributed by atoms with E-state index in [1.165, 1.54) is 64.9 Å². The van der Waals surface area contributed by atoms with Crippen molar-refractivity contribution in [2.24, 2.45) is 0 Å². The van der Waals surface area contributed by atoms with E-state index < -0.39 is 0 Å². The van der Waals surface area contributed by atoms with Crippen molar-refractivity contribution in [2.75, 3.05) is 0 Å². The lowest BCUT2D eigenvalue weighted by Crippen LogP contribution is -2.11. The second-order valence-electron chi connectivity index (χ2n) is 11.0. The van der Waals surface area contributed by atoms with Gasteiger partial charge in [-0.25, -0.2) is 0 Å². The fourth-order valence-corrected chi connectivity index (χ4v) is 9.39. The van der Waals surface area contributed by atoms with Crippen LogP contribution < -0.4 is 0 Å². The van der Waals surface area contributed by atoms with Gasteiger partial charge < -0.3 is 0 Å². The summed E-state index contributed by atoms with van der Waals surface area (Å²) in [5, 5.41) is 13.5. The van der Waals surface area contributed by atoms with Crippen molar-refractivity contribution in [3.05, 3.63) is 137 Å². The lowest BCUT2D eigenvalue weighted by Gasteiger charge is -2.27. The Balaban J connectivity index is 1.32. The number of nitrogens with zero attached hydrogens (tertiary/aromatic N) is 1. The van der Waals surface area contributed by atoms with Gasteiger partial charge in [-0.05, 0) is 83.0 Å². The van der Waals surface area contributed by atoms with Gasteiger partial charge in [-0.1, -0.05) is 78.9 Å². The predicted molar refractivity (Wildman–Crippen MR) is 171 cm³/mol. The molecular formula is C37H27NS2.